The number of nitrogens with zero attached hydrogens (tertiary/aromatic N) is 3. The van der Waals surface area contributed by atoms with Crippen molar-refractivity contribution in [2.75, 3.05) is 4.90 Å². The van der Waals surface area contributed by atoms with Crippen molar-refractivity contribution in [2.24, 2.45) is 21.5 Å². The summed E-state index contributed by atoms with van der Waals surface area (Å²) >= 11 is 2.81. The quantitative estimate of drug-likeness (QED) is 0.678. The number of guanidine groups is 2. The van der Waals surface area contributed by atoms with Gasteiger partial charge in [-0.15, -0.1) is 0 Å². The van der Waals surface area contributed by atoms with E-state index in [-0.39, 0.29) is 16.4 Å². The Hall–Kier alpha value is -1.84. The van der Waals surface area contributed by atoms with Crippen LogP contribution in [0.3, 0.4) is 0 Å². The monoisotopic (exact) mass is 421 g/mol. The molecule has 1 aromatic carbocycles. The molecule has 0 amide bonds. The number of alkyl halides is 3. The van der Waals surface area contributed by atoms with Crippen molar-refractivity contribution in [1.82, 2.24) is 0 Å². The van der Waals surface area contributed by atoms with E-state index in [2.05, 4.69) is 25.9 Å². The number of nitrogens with two attached hydrogens (primary N) is 2. The molecule has 1 aromatic rings. The van der Waals surface area contributed by atoms with E-state index in [0.29, 0.717) is 12.8 Å². The lowest BCUT2D eigenvalue weighted by atomic mass is 9.87. The summed E-state index contributed by atoms with van der Waals surface area (Å²) in [5.41, 5.74) is 8.73. The average molecular weight is 422 g/mol. The highest BCUT2D eigenvalue weighted by Crippen LogP contribution is 2.46. The number of anilines is 1. The van der Waals surface area contributed by atoms with Gasteiger partial charge in [-0.25, -0.2) is 9.38 Å². The van der Waals surface area contributed by atoms with Crippen LogP contribution in [0.2, 0.25) is 0 Å². The second-order valence-corrected chi connectivity index (χ2v) is 6.93. The van der Waals surface area contributed by atoms with Gasteiger partial charge in [0.15, 0.2) is 5.82 Å². The molecule has 5 nitrogen and oxygen atoms in total. The van der Waals surface area contributed by atoms with E-state index in [1.165, 1.54) is 17.0 Å². The third-order valence-corrected chi connectivity index (χ3v) is 5.06. The first-order valence-electron chi connectivity index (χ1n) is 7.71. The minimum Gasteiger partial charge on any atom is -0.369 e. The summed E-state index contributed by atoms with van der Waals surface area (Å²) in [6.07, 6.45) is -1.56. The van der Waals surface area contributed by atoms with Gasteiger partial charge in [-0.05, 0) is 53.7 Å². The molecular weight excluding hydrogens is 406 g/mol. The molecular formula is C15H16BrF4N5. The van der Waals surface area contributed by atoms with Crippen LogP contribution in [0, 0.1) is 5.82 Å². The fourth-order valence-corrected chi connectivity index (χ4v) is 3.80. The van der Waals surface area contributed by atoms with Crippen molar-refractivity contribution < 1.29 is 17.6 Å². The maximum absolute atomic E-state index is 14.3. The molecule has 1 saturated carbocycles. The van der Waals surface area contributed by atoms with Crippen LogP contribution >= 0.6 is 15.9 Å². The van der Waals surface area contributed by atoms with E-state index >= 15 is 0 Å². The number of benzene rings is 1. The number of hydrogen-bond acceptors (Lipinski definition) is 5. The Kier molecular flexibility index (Phi) is 4.42. The molecule has 0 bridgehead atoms. The molecule has 10 heteroatoms. The molecule has 1 fully saturated rings. The molecule has 136 valence electrons. The standard InChI is InChI=1S/C15H16BrF4N5/c16-8-4-5-9(10(11(8)17)15(18,19)20)25-13(22)23-12(21)24-14(25)6-2-1-3-7-14/h4-5H,1-3,6-7H2,(H4,21,22,23,24). The second kappa shape index (κ2) is 6.15. The third-order valence-electron chi connectivity index (χ3n) is 4.45. The van der Waals surface area contributed by atoms with Gasteiger partial charge in [0.2, 0.25) is 11.9 Å². The molecule has 0 aromatic heterocycles. The minimum atomic E-state index is -4.91. The number of aliphatic imine (C=N–C) groups is 2. The van der Waals surface area contributed by atoms with Crippen molar-refractivity contribution >= 4 is 33.5 Å². The van der Waals surface area contributed by atoms with Crippen molar-refractivity contribution in [3.05, 3.63) is 28.0 Å². The lowest BCUT2D eigenvalue weighted by Crippen LogP contribution is -2.58. The molecule has 0 atom stereocenters. The molecule has 4 N–H and O–H groups in total. The molecule has 1 heterocycles. The summed E-state index contributed by atoms with van der Waals surface area (Å²) in [7, 11) is 0. The van der Waals surface area contributed by atoms with Crippen molar-refractivity contribution in [3.63, 3.8) is 0 Å². The van der Waals surface area contributed by atoms with Crippen LogP contribution in [-0.2, 0) is 6.18 Å². The molecule has 1 aliphatic carbocycles. The van der Waals surface area contributed by atoms with Gasteiger partial charge in [0.1, 0.15) is 11.2 Å². The van der Waals surface area contributed by atoms with E-state index in [1.807, 2.05) is 0 Å². The predicted molar refractivity (Wildman–Crippen MR) is 90.6 cm³/mol. The number of rotatable bonds is 1. The van der Waals surface area contributed by atoms with Crippen LogP contribution in [0.4, 0.5) is 23.2 Å². The van der Waals surface area contributed by atoms with Crippen molar-refractivity contribution in [3.8, 4) is 0 Å². The van der Waals surface area contributed by atoms with Crippen LogP contribution in [-0.4, -0.2) is 17.6 Å². The van der Waals surface area contributed by atoms with Crippen LogP contribution < -0.4 is 16.4 Å². The Morgan fingerprint density at radius 2 is 1.76 bits per heavy atom. The van der Waals surface area contributed by atoms with Crippen LogP contribution in [0.25, 0.3) is 0 Å². The van der Waals surface area contributed by atoms with Gasteiger partial charge in [0, 0.05) is 0 Å². The fraction of sp³-hybridized carbons (Fsp3) is 0.467. The van der Waals surface area contributed by atoms with Gasteiger partial charge in [-0.1, -0.05) is 6.42 Å². The van der Waals surface area contributed by atoms with Gasteiger partial charge < -0.3 is 11.5 Å². The zero-order valence-corrected chi connectivity index (χ0v) is 14.7. The summed E-state index contributed by atoms with van der Waals surface area (Å²) < 4.78 is 54.8. The van der Waals surface area contributed by atoms with Gasteiger partial charge >= 0.3 is 6.18 Å². The van der Waals surface area contributed by atoms with Gasteiger partial charge in [0.25, 0.3) is 0 Å². The number of hydrogen-bond donors (Lipinski definition) is 2. The Balaban J connectivity index is 2.23. The first kappa shape index (κ1) is 18.0. The molecule has 3 rings (SSSR count). The Morgan fingerprint density at radius 3 is 2.36 bits per heavy atom. The topological polar surface area (TPSA) is 80.0 Å². The predicted octanol–water partition coefficient (Wildman–Crippen LogP) is 3.72. The second-order valence-electron chi connectivity index (χ2n) is 6.07. The first-order valence-corrected chi connectivity index (χ1v) is 8.50. The highest BCUT2D eigenvalue weighted by Gasteiger charge is 2.47. The van der Waals surface area contributed by atoms with E-state index < -0.39 is 28.9 Å². The maximum Gasteiger partial charge on any atom is 0.421 e. The first-order chi connectivity index (χ1) is 11.7. The highest BCUT2D eigenvalue weighted by atomic mass is 79.9. The summed E-state index contributed by atoms with van der Waals surface area (Å²) in [5.74, 6) is -1.70. The van der Waals surface area contributed by atoms with Gasteiger partial charge in [0.05, 0.1) is 10.2 Å². The minimum absolute atomic E-state index is 0.0817. The van der Waals surface area contributed by atoms with E-state index in [4.69, 9.17) is 11.5 Å². The lowest BCUT2D eigenvalue weighted by molar-refractivity contribution is -0.139. The molecule has 2 aliphatic rings. The summed E-state index contributed by atoms with van der Waals surface area (Å²) in [6.45, 7) is 0. The molecule has 1 spiro atoms. The van der Waals surface area contributed by atoms with Gasteiger partial charge in [-0.3, -0.25) is 4.90 Å². The van der Waals surface area contributed by atoms with Crippen LogP contribution in [0.15, 0.2) is 26.6 Å². The van der Waals surface area contributed by atoms with E-state index in [0.717, 1.165) is 19.3 Å². The van der Waals surface area contributed by atoms with Gasteiger partial charge in [-0.2, -0.15) is 18.2 Å². The largest absolute Gasteiger partial charge is 0.421 e. The summed E-state index contributed by atoms with van der Waals surface area (Å²) in [6, 6.07) is 2.39. The fourth-order valence-electron chi connectivity index (χ4n) is 3.47. The molecule has 0 unspecified atom stereocenters. The SMILES string of the molecule is NC1=NC2(CCCCC2)N(c2ccc(Br)c(F)c2C(F)(F)F)C(N)=N1. The lowest BCUT2D eigenvalue weighted by Gasteiger charge is -2.46. The Morgan fingerprint density at radius 1 is 1.12 bits per heavy atom. The smallest absolute Gasteiger partial charge is 0.369 e. The Labute approximate surface area is 149 Å². The van der Waals surface area contributed by atoms with Crippen molar-refractivity contribution in [2.45, 2.75) is 43.9 Å². The molecule has 1 aliphatic heterocycles. The molecule has 0 radical (unpaired) electrons. The highest BCUT2D eigenvalue weighted by molar-refractivity contribution is 9.10. The zero-order chi connectivity index (χ0) is 18.4. The maximum atomic E-state index is 14.3. The van der Waals surface area contributed by atoms with E-state index in [1.54, 1.807) is 0 Å². The summed E-state index contributed by atoms with van der Waals surface area (Å²) in [5, 5.41) is 0. The normalized spacial score (nSPS) is 20.4. The molecule has 25 heavy (non-hydrogen) atoms. The van der Waals surface area contributed by atoms with E-state index in [9.17, 15) is 17.6 Å². The van der Waals surface area contributed by atoms with Crippen LogP contribution in [0.5, 0.6) is 0 Å². The average Bonchev–Trinajstić information content (AvgIpc) is 2.49. The zero-order valence-electron chi connectivity index (χ0n) is 13.1. The van der Waals surface area contributed by atoms with Crippen LogP contribution in [0.1, 0.15) is 37.7 Å². The Bertz CT molecular complexity index is 753. The third kappa shape index (κ3) is 3.07. The number of halogens is 5. The molecule has 0 saturated heterocycles. The van der Waals surface area contributed by atoms with Crippen molar-refractivity contribution in [1.29, 1.82) is 0 Å². The summed E-state index contributed by atoms with van der Waals surface area (Å²) in [4.78, 5) is 9.30.